The van der Waals surface area contributed by atoms with Gasteiger partial charge in [-0.3, -0.25) is 0 Å². The number of nitrogens with two attached hydrogens (primary N) is 1. The van der Waals surface area contributed by atoms with Gasteiger partial charge >= 0.3 is 0 Å². The first-order chi connectivity index (χ1) is 8.86. The summed E-state index contributed by atoms with van der Waals surface area (Å²) in [5, 5.41) is 3.75. The largest absolute Gasteiger partial charge is 0.481 e. The maximum Gasteiger partial charge on any atom is 0.264 e. The van der Waals surface area contributed by atoms with E-state index in [1.165, 1.54) is 6.07 Å². The van der Waals surface area contributed by atoms with E-state index in [2.05, 4.69) is 10.1 Å². The lowest BCUT2D eigenvalue weighted by atomic mass is 10.1. The molecule has 0 aliphatic rings. The quantitative estimate of drug-likeness (QED) is 0.918. The zero-order valence-electron chi connectivity index (χ0n) is 11.1. The Morgan fingerprint density at radius 3 is 2.79 bits per heavy atom. The molecular weight excluding hydrogens is 249 g/mol. The van der Waals surface area contributed by atoms with Crippen LogP contribution in [0.1, 0.15) is 31.1 Å². The Kier molecular flexibility index (Phi) is 3.53. The van der Waals surface area contributed by atoms with Crippen molar-refractivity contribution >= 4 is 0 Å². The van der Waals surface area contributed by atoms with Crippen LogP contribution in [0.2, 0.25) is 0 Å². The first-order valence-electron chi connectivity index (χ1n) is 5.87. The van der Waals surface area contributed by atoms with Crippen molar-refractivity contribution in [2.75, 3.05) is 0 Å². The molecule has 2 aromatic rings. The summed E-state index contributed by atoms with van der Waals surface area (Å²) in [7, 11) is 0. The number of aromatic nitrogens is 2. The van der Waals surface area contributed by atoms with Gasteiger partial charge in [0.15, 0.2) is 24.0 Å². The Balaban J connectivity index is 2.06. The fourth-order valence-corrected chi connectivity index (χ4v) is 1.44. The van der Waals surface area contributed by atoms with Gasteiger partial charge in [-0.1, -0.05) is 11.2 Å². The molecule has 6 heteroatoms. The minimum atomic E-state index is -0.684. The summed E-state index contributed by atoms with van der Waals surface area (Å²) < 4.78 is 23.8. The molecule has 19 heavy (non-hydrogen) atoms. The number of hydrogen-bond donors (Lipinski definition) is 1. The summed E-state index contributed by atoms with van der Waals surface area (Å²) in [6, 6.07) is 4.64. The monoisotopic (exact) mass is 265 g/mol. The highest BCUT2D eigenvalue weighted by molar-refractivity contribution is 5.29. The van der Waals surface area contributed by atoms with Crippen molar-refractivity contribution in [3.8, 4) is 5.75 Å². The molecule has 102 valence electrons. The molecule has 0 aliphatic carbocycles. The van der Waals surface area contributed by atoms with Gasteiger partial charge in [0.2, 0.25) is 0 Å². The molecule has 2 N–H and O–H groups in total. The fraction of sp³-hybridized carbons (Fsp3) is 0.385. The average molecular weight is 265 g/mol. The Morgan fingerprint density at radius 1 is 1.42 bits per heavy atom. The van der Waals surface area contributed by atoms with Gasteiger partial charge in [-0.25, -0.2) is 4.39 Å². The predicted octanol–water partition coefficient (Wildman–Crippen LogP) is 2.29. The van der Waals surface area contributed by atoms with Crippen LogP contribution in [0.4, 0.5) is 4.39 Å². The van der Waals surface area contributed by atoms with E-state index in [-0.39, 0.29) is 18.2 Å². The molecule has 0 radical (unpaired) electrons. The zero-order chi connectivity index (χ0) is 14.0. The lowest BCUT2D eigenvalue weighted by molar-refractivity contribution is 0.233. The Hall–Kier alpha value is -1.95. The summed E-state index contributed by atoms with van der Waals surface area (Å²) in [5.41, 5.74) is 6.06. The van der Waals surface area contributed by atoms with E-state index in [0.29, 0.717) is 5.82 Å². The van der Waals surface area contributed by atoms with Crippen molar-refractivity contribution in [1.82, 2.24) is 10.1 Å². The molecule has 0 fully saturated rings. The van der Waals surface area contributed by atoms with Crippen LogP contribution in [0.3, 0.4) is 0 Å². The van der Waals surface area contributed by atoms with Crippen molar-refractivity contribution < 1.29 is 13.7 Å². The molecule has 0 aliphatic heterocycles. The maximum atomic E-state index is 13.5. The molecule has 0 unspecified atom stereocenters. The van der Waals surface area contributed by atoms with Crippen LogP contribution in [0, 0.1) is 12.7 Å². The highest BCUT2D eigenvalue weighted by Gasteiger charge is 2.21. The summed E-state index contributed by atoms with van der Waals surface area (Å²) >= 11 is 0. The smallest absolute Gasteiger partial charge is 0.264 e. The lowest BCUT2D eigenvalue weighted by Crippen LogP contribution is -2.30. The van der Waals surface area contributed by atoms with E-state index in [1.54, 1.807) is 26.0 Å². The minimum absolute atomic E-state index is 0.00343. The van der Waals surface area contributed by atoms with Crippen LogP contribution in [-0.2, 0) is 12.1 Å². The first kappa shape index (κ1) is 13.5. The number of nitrogens with zero attached hydrogens (tertiary/aromatic N) is 2. The molecule has 1 aromatic heterocycles. The average Bonchev–Trinajstić information content (AvgIpc) is 2.79. The summed E-state index contributed by atoms with van der Waals surface area (Å²) in [6.45, 7) is 5.39. The lowest BCUT2D eigenvalue weighted by Gasteiger charge is -2.11. The standard InChI is InChI=1S/C13H16FN3O2/c1-8-4-5-9(14)10(6-8)18-7-11-16-12(17-19-11)13(2,3)15/h4-6H,7,15H2,1-3H3. The molecule has 0 bridgehead atoms. The van der Waals surface area contributed by atoms with Gasteiger partial charge in [-0.2, -0.15) is 4.98 Å². The van der Waals surface area contributed by atoms with E-state index in [9.17, 15) is 4.39 Å². The van der Waals surface area contributed by atoms with E-state index >= 15 is 0 Å². The van der Waals surface area contributed by atoms with Crippen molar-refractivity contribution in [3.05, 3.63) is 41.3 Å². The summed E-state index contributed by atoms with van der Waals surface area (Å²) in [6.07, 6.45) is 0. The third-order valence-electron chi connectivity index (χ3n) is 2.48. The fourth-order valence-electron chi connectivity index (χ4n) is 1.44. The first-order valence-corrected chi connectivity index (χ1v) is 5.87. The Morgan fingerprint density at radius 2 is 2.16 bits per heavy atom. The number of ether oxygens (including phenoxy) is 1. The number of halogens is 1. The molecule has 0 atom stereocenters. The third kappa shape index (κ3) is 3.29. The molecule has 0 saturated carbocycles. The minimum Gasteiger partial charge on any atom is -0.481 e. The van der Waals surface area contributed by atoms with Gasteiger partial charge in [0.1, 0.15) is 0 Å². The van der Waals surface area contributed by atoms with Crippen LogP contribution in [0.25, 0.3) is 0 Å². The Labute approximate surface area is 110 Å². The molecule has 5 nitrogen and oxygen atoms in total. The second kappa shape index (κ2) is 4.97. The number of aryl methyl sites for hydroxylation is 1. The number of rotatable bonds is 4. The highest BCUT2D eigenvalue weighted by Crippen LogP contribution is 2.20. The van der Waals surface area contributed by atoms with Gasteiger partial charge in [-0.15, -0.1) is 0 Å². The maximum absolute atomic E-state index is 13.5. The van der Waals surface area contributed by atoms with E-state index in [1.807, 2.05) is 6.92 Å². The van der Waals surface area contributed by atoms with Crippen molar-refractivity contribution in [3.63, 3.8) is 0 Å². The van der Waals surface area contributed by atoms with Gasteiger partial charge in [0.05, 0.1) is 5.54 Å². The molecule has 0 saturated heterocycles. The highest BCUT2D eigenvalue weighted by atomic mass is 19.1. The predicted molar refractivity (Wildman–Crippen MR) is 67.0 cm³/mol. The van der Waals surface area contributed by atoms with Crippen LogP contribution >= 0.6 is 0 Å². The van der Waals surface area contributed by atoms with Crippen molar-refractivity contribution in [2.45, 2.75) is 32.9 Å². The SMILES string of the molecule is Cc1ccc(F)c(OCc2nc(C(C)(C)N)no2)c1. The number of benzene rings is 1. The van der Waals surface area contributed by atoms with Gasteiger partial charge < -0.3 is 15.0 Å². The van der Waals surface area contributed by atoms with E-state index in [0.717, 1.165) is 5.56 Å². The van der Waals surface area contributed by atoms with Crippen LogP contribution < -0.4 is 10.5 Å². The molecule has 1 heterocycles. The summed E-state index contributed by atoms with van der Waals surface area (Å²) in [5.74, 6) is 0.376. The molecular formula is C13H16FN3O2. The van der Waals surface area contributed by atoms with E-state index < -0.39 is 11.4 Å². The molecule has 2 rings (SSSR count). The van der Waals surface area contributed by atoms with Gasteiger partial charge in [0, 0.05) is 0 Å². The van der Waals surface area contributed by atoms with E-state index in [4.69, 9.17) is 15.0 Å². The van der Waals surface area contributed by atoms with Gasteiger partial charge in [0.25, 0.3) is 5.89 Å². The van der Waals surface area contributed by atoms with Gasteiger partial charge in [-0.05, 0) is 38.5 Å². The Bertz CT molecular complexity index is 576. The van der Waals surface area contributed by atoms with Crippen LogP contribution in [0.15, 0.2) is 22.7 Å². The van der Waals surface area contributed by atoms with Crippen LogP contribution in [-0.4, -0.2) is 10.1 Å². The van der Waals surface area contributed by atoms with Crippen molar-refractivity contribution in [1.29, 1.82) is 0 Å². The molecule has 0 amide bonds. The van der Waals surface area contributed by atoms with Crippen molar-refractivity contribution in [2.24, 2.45) is 5.73 Å². The topological polar surface area (TPSA) is 74.2 Å². The zero-order valence-corrected chi connectivity index (χ0v) is 11.1. The second-order valence-electron chi connectivity index (χ2n) is 4.96. The normalized spacial score (nSPS) is 11.6. The molecule has 1 aromatic carbocycles. The third-order valence-corrected chi connectivity index (χ3v) is 2.48. The second-order valence-corrected chi connectivity index (χ2v) is 4.96. The summed E-state index contributed by atoms with van der Waals surface area (Å²) in [4.78, 5) is 4.10. The molecule has 0 spiro atoms. The van der Waals surface area contributed by atoms with Crippen LogP contribution in [0.5, 0.6) is 5.75 Å². The number of hydrogen-bond acceptors (Lipinski definition) is 5.